The summed E-state index contributed by atoms with van der Waals surface area (Å²) in [4.78, 5) is 0. The number of nitrogens with one attached hydrogen (secondary N) is 1. The lowest BCUT2D eigenvalue weighted by Crippen LogP contribution is -2.36. The van der Waals surface area contributed by atoms with Crippen molar-refractivity contribution in [2.24, 2.45) is 5.84 Å². The van der Waals surface area contributed by atoms with Crippen LogP contribution >= 0.6 is 11.3 Å². The second-order valence-corrected chi connectivity index (χ2v) is 4.10. The number of ether oxygens (including phenoxy) is 1. The van der Waals surface area contributed by atoms with E-state index in [1.165, 1.54) is 5.56 Å². The lowest BCUT2D eigenvalue weighted by molar-refractivity contribution is 0.181. The van der Waals surface area contributed by atoms with E-state index in [0.717, 1.165) is 25.9 Å². The highest BCUT2D eigenvalue weighted by Crippen LogP contribution is 2.10. The molecule has 1 aromatic rings. The van der Waals surface area contributed by atoms with Gasteiger partial charge in [-0.3, -0.25) is 11.3 Å². The Morgan fingerprint density at radius 2 is 2.43 bits per heavy atom. The molecule has 0 aliphatic heterocycles. The Kier molecular flexibility index (Phi) is 5.78. The van der Waals surface area contributed by atoms with Gasteiger partial charge in [0.2, 0.25) is 0 Å². The van der Waals surface area contributed by atoms with Crippen LogP contribution < -0.4 is 11.3 Å². The Morgan fingerprint density at radius 1 is 1.57 bits per heavy atom. The van der Waals surface area contributed by atoms with Crippen molar-refractivity contribution in [1.82, 2.24) is 5.43 Å². The Balaban J connectivity index is 2.20. The van der Waals surface area contributed by atoms with E-state index in [4.69, 9.17) is 10.6 Å². The molecule has 1 aromatic heterocycles. The maximum absolute atomic E-state index is 5.45. The van der Waals surface area contributed by atoms with Crippen LogP contribution in [-0.2, 0) is 11.2 Å². The van der Waals surface area contributed by atoms with Crippen molar-refractivity contribution in [3.05, 3.63) is 22.4 Å². The fourth-order valence-corrected chi connectivity index (χ4v) is 2.05. The summed E-state index contributed by atoms with van der Waals surface area (Å²) in [7, 11) is 1.71. The quantitative estimate of drug-likeness (QED) is 0.535. The smallest absolute Gasteiger partial charge is 0.0477 e. The number of hydrogen-bond acceptors (Lipinski definition) is 4. The SMILES string of the molecule is COCCC(CCc1ccsc1)NN. The molecule has 0 aromatic carbocycles. The van der Waals surface area contributed by atoms with E-state index >= 15 is 0 Å². The third-order valence-electron chi connectivity index (χ3n) is 2.27. The van der Waals surface area contributed by atoms with Crippen LogP contribution in [0.15, 0.2) is 16.8 Å². The van der Waals surface area contributed by atoms with Gasteiger partial charge in [0.1, 0.15) is 0 Å². The van der Waals surface area contributed by atoms with Gasteiger partial charge in [-0.25, -0.2) is 0 Å². The van der Waals surface area contributed by atoms with Crippen molar-refractivity contribution in [2.45, 2.75) is 25.3 Å². The van der Waals surface area contributed by atoms with Crippen molar-refractivity contribution in [1.29, 1.82) is 0 Å². The molecule has 14 heavy (non-hydrogen) atoms. The van der Waals surface area contributed by atoms with E-state index in [9.17, 15) is 0 Å². The first-order valence-electron chi connectivity index (χ1n) is 4.83. The summed E-state index contributed by atoms with van der Waals surface area (Å²) in [5.74, 6) is 5.45. The molecule has 0 amide bonds. The van der Waals surface area contributed by atoms with Crippen LogP contribution in [0.4, 0.5) is 0 Å². The van der Waals surface area contributed by atoms with Crippen LogP contribution in [0.5, 0.6) is 0 Å². The highest BCUT2D eigenvalue weighted by Gasteiger charge is 2.06. The Hall–Kier alpha value is -0.420. The molecule has 1 atom stereocenters. The van der Waals surface area contributed by atoms with Crippen molar-refractivity contribution < 1.29 is 4.74 Å². The highest BCUT2D eigenvalue weighted by molar-refractivity contribution is 7.07. The highest BCUT2D eigenvalue weighted by atomic mass is 32.1. The van der Waals surface area contributed by atoms with E-state index in [1.807, 2.05) is 0 Å². The van der Waals surface area contributed by atoms with Gasteiger partial charge in [-0.05, 0) is 41.7 Å². The molecule has 1 rings (SSSR count). The fourth-order valence-electron chi connectivity index (χ4n) is 1.35. The number of hydrogen-bond donors (Lipinski definition) is 2. The summed E-state index contributed by atoms with van der Waals surface area (Å²) >= 11 is 1.74. The minimum atomic E-state index is 0.356. The van der Waals surface area contributed by atoms with Crippen molar-refractivity contribution in [3.8, 4) is 0 Å². The predicted molar refractivity (Wildman–Crippen MR) is 60.2 cm³/mol. The lowest BCUT2D eigenvalue weighted by atomic mass is 10.1. The van der Waals surface area contributed by atoms with E-state index in [2.05, 4.69) is 22.3 Å². The molecule has 1 unspecified atom stereocenters. The van der Waals surface area contributed by atoms with Crippen molar-refractivity contribution in [2.75, 3.05) is 13.7 Å². The average Bonchev–Trinajstić information content (AvgIpc) is 2.71. The standard InChI is InChI=1S/C10H18N2OS/c1-13-6-4-10(12-11)3-2-9-5-7-14-8-9/h5,7-8,10,12H,2-4,6,11H2,1H3. The van der Waals surface area contributed by atoms with Crippen LogP contribution in [0.1, 0.15) is 18.4 Å². The minimum absolute atomic E-state index is 0.356. The van der Waals surface area contributed by atoms with E-state index < -0.39 is 0 Å². The summed E-state index contributed by atoms with van der Waals surface area (Å²) < 4.78 is 5.02. The molecule has 0 aliphatic rings. The van der Waals surface area contributed by atoms with Gasteiger partial charge in [-0.15, -0.1) is 0 Å². The zero-order valence-electron chi connectivity index (χ0n) is 8.53. The monoisotopic (exact) mass is 214 g/mol. The van der Waals surface area contributed by atoms with Crippen molar-refractivity contribution in [3.63, 3.8) is 0 Å². The molecule has 4 heteroatoms. The molecule has 0 fully saturated rings. The third-order valence-corrected chi connectivity index (χ3v) is 3.00. The van der Waals surface area contributed by atoms with Gasteiger partial charge in [-0.2, -0.15) is 11.3 Å². The zero-order valence-corrected chi connectivity index (χ0v) is 9.35. The molecule has 3 nitrogen and oxygen atoms in total. The number of rotatable bonds is 7. The molecule has 80 valence electrons. The van der Waals surface area contributed by atoms with Gasteiger partial charge in [0.15, 0.2) is 0 Å². The maximum atomic E-state index is 5.45. The number of hydrazine groups is 1. The molecule has 0 bridgehead atoms. The first-order valence-corrected chi connectivity index (χ1v) is 5.77. The number of aryl methyl sites for hydroxylation is 1. The van der Waals surface area contributed by atoms with Gasteiger partial charge in [-0.1, -0.05) is 0 Å². The first kappa shape index (κ1) is 11.7. The van der Waals surface area contributed by atoms with Crippen LogP contribution in [0.2, 0.25) is 0 Å². The number of nitrogens with two attached hydrogens (primary N) is 1. The Labute approximate surface area is 89.2 Å². The Morgan fingerprint density at radius 3 is 3.00 bits per heavy atom. The molecule has 0 saturated carbocycles. The molecule has 1 heterocycles. The Bertz CT molecular complexity index is 226. The first-order chi connectivity index (χ1) is 6.86. The summed E-state index contributed by atoms with van der Waals surface area (Å²) in [6.07, 6.45) is 3.12. The van der Waals surface area contributed by atoms with E-state index in [-0.39, 0.29) is 0 Å². The predicted octanol–water partition coefficient (Wildman–Crippen LogP) is 1.55. The number of thiophene rings is 1. The summed E-state index contributed by atoms with van der Waals surface area (Å²) in [5, 5.41) is 4.29. The van der Waals surface area contributed by atoms with Gasteiger partial charge < -0.3 is 4.74 Å². The molecule has 0 saturated heterocycles. The lowest BCUT2D eigenvalue weighted by Gasteiger charge is -2.14. The van der Waals surface area contributed by atoms with Gasteiger partial charge in [0, 0.05) is 19.8 Å². The molecule has 3 N–H and O–H groups in total. The molecular formula is C10H18N2OS. The molecule has 0 radical (unpaired) electrons. The van der Waals surface area contributed by atoms with Gasteiger partial charge in [0.25, 0.3) is 0 Å². The van der Waals surface area contributed by atoms with Crippen LogP contribution in [-0.4, -0.2) is 19.8 Å². The van der Waals surface area contributed by atoms with Gasteiger partial charge >= 0.3 is 0 Å². The normalized spacial score (nSPS) is 13.0. The minimum Gasteiger partial charge on any atom is -0.385 e. The summed E-state index contributed by atoms with van der Waals surface area (Å²) in [6.45, 7) is 0.762. The van der Waals surface area contributed by atoms with Crippen LogP contribution in [0, 0.1) is 0 Å². The fraction of sp³-hybridized carbons (Fsp3) is 0.600. The summed E-state index contributed by atoms with van der Waals surface area (Å²) in [5.41, 5.74) is 4.22. The molecule has 0 spiro atoms. The van der Waals surface area contributed by atoms with E-state index in [1.54, 1.807) is 18.4 Å². The second-order valence-electron chi connectivity index (χ2n) is 3.32. The summed E-state index contributed by atoms with van der Waals surface area (Å²) in [6, 6.07) is 2.52. The van der Waals surface area contributed by atoms with Crippen LogP contribution in [0.25, 0.3) is 0 Å². The maximum Gasteiger partial charge on any atom is 0.0477 e. The largest absolute Gasteiger partial charge is 0.385 e. The van der Waals surface area contributed by atoms with Gasteiger partial charge in [0.05, 0.1) is 0 Å². The topological polar surface area (TPSA) is 47.3 Å². The number of methoxy groups -OCH3 is 1. The zero-order chi connectivity index (χ0) is 10.2. The third kappa shape index (κ3) is 4.19. The van der Waals surface area contributed by atoms with E-state index in [0.29, 0.717) is 6.04 Å². The second kappa shape index (κ2) is 6.95. The molecule has 0 aliphatic carbocycles. The van der Waals surface area contributed by atoms with Crippen molar-refractivity contribution >= 4 is 11.3 Å². The van der Waals surface area contributed by atoms with Crippen LogP contribution in [0.3, 0.4) is 0 Å². The average molecular weight is 214 g/mol. The molecular weight excluding hydrogens is 196 g/mol.